The molecule has 1 amide bonds. The van der Waals surface area contributed by atoms with Crippen molar-refractivity contribution < 1.29 is 22.7 Å². The highest BCUT2D eigenvalue weighted by atomic mass is 19.4. The maximum absolute atomic E-state index is 12.8. The van der Waals surface area contributed by atoms with E-state index >= 15 is 0 Å². The van der Waals surface area contributed by atoms with Gasteiger partial charge in [-0.05, 0) is 24.6 Å². The smallest absolute Gasteiger partial charge is 0.417 e. The van der Waals surface area contributed by atoms with Gasteiger partial charge in [-0.2, -0.15) is 13.2 Å². The molecule has 1 N–H and O–H groups in total. The van der Waals surface area contributed by atoms with Gasteiger partial charge in [-0.15, -0.1) is 0 Å². The number of carbonyl (C=O) groups is 1. The average molecular weight is 324 g/mol. The van der Waals surface area contributed by atoms with Crippen molar-refractivity contribution in [2.75, 3.05) is 13.2 Å². The van der Waals surface area contributed by atoms with Crippen LogP contribution in [0.25, 0.3) is 0 Å². The predicted molar refractivity (Wildman–Crippen MR) is 78.2 cm³/mol. The van der Waals surface area contributed by atoms with Crippen LogP contribution in [0.3, 0.4) is 0 Å². The summed E-state index contributed by atoms with van der Waals surface area (Å²) in [6.07, 6.45) is -2.94. The van der Waals surface area contributed by atoms with E-state index in [4.69, 9.17) is 4.74 Å². The number of ether oxygens (including phenoxy) is 1. The van der Waals surface area contributed by atoms with Crippen LogP contribution >= 0.6 is 0 Å². The highest BCUT2D eigenvalue weighted by molar-refractivity contribution is 5.95. The summed E-state index contributed by atoms with van der Waals surface area (Å²) in [6, 6.07) is 8.14. The first kappa shape index (κ1) is 16.8. The molecule has 0 saturated heterocycles. The summed E-state index contributed by atoms with van der Waals surface area (Å²) >= 11 is 0. The molecule has 0 aliphatic heterocycles. The molecule has 4 nitrogen and oxygen atoms in total. The number of pyridine rings is 1. The Morgan fingerprint density at radius 2 is 1.96 bits per heavy atom. The number of hydrogen-bond donors (Lipinski definition) is 1. The van der Waals surface area contributed by atoms with Crippen molar-refractivity contribution in [1.82, 2.24) is 10.3 Å². The van der Waals surface area contributed by atoms with Crippen molar-refractivity contribution in [3.05, 3.63) is 59.3 Å². The Balaban J connectivity index is 1.89. The molecule has 0 fully saturated rings. The van der Waals surface area contributed by atoms with Gasteiger partial charge in [0.05, 0.1) is 17.7 Å². The van der Waals surface area contributed by atoms with Crippen LogP contribution in [-0.4, -0.2) is 24.0 Å². The number of aryl methyl sites for hydroxylation is 1. The van der Waals surface area contributed by atoms with Crippen molar-refractivity contribution in [1.29, 1.82) is 0 Å². The number of rotatable bonds is 5. The molecular weight excluding hydrogens is 309 g/mol. The number of aromatic nitrogens is 1. The van der Waals surface area contributed by atoms with Gasteiger partial charge in [-0.25, -0.2) is 4.98 Å². The maximum Gasteiger partial charge on any atom is 0.417 e. The van der Waals surface area contributed by atoms with Gasteiger partial charge in [0.1, 0.15) is 6.61 Å². The van der Waals surface area contributed by atoms with Crippen LogP contribution in [0.4, 0.5) is 13.2 Å². The molecular formula is C16H15F3N2O2. The largest absolute Gasteiger partial charge is 0.476 e. The van der Waals surface area contributed by atoms with E-state index in [1.165, 1.54) is 12.1 Å². The first-order chi connectivity index (χ1) is 10.9. The molecule has 0 unspecified atom stereocenters. The summed E-state index contributed by atoms with van der Waals surface area (Å²) in [5, 5.41) is 2.40. The Labute approximate surface area is 131 Å². The number of benzene rings is 1. The fourth-order valence-electron chi connectivity index (χ4n) is 1.88. The van der Waals surface area contributed by atoms with Gasteiger partial charge in [-0.1, -0.05) is 18.2 Å². The van der Waals surface area contributed by atoms with E-state index < -0.39 is 23.2 Å². The molecule has 0 aliphatic rings. The lowest BCUT2D eigenvalue weighted by Gasteiger charge is -2.12. The number of nitrogens with one attached hydrogen (secondary N) is 1. The van der Waals surface area contributed by atoms with Crippen LogP contribution in [0, 0.1) is 6.92 Å². The van der Waals surface area contributed by atoms with E-state index in [2.05, 4.69) is 10.3 Å². The van der Waals surface area contributed by atoms with Crippen molar-refractivity contribution in [3.8, 4) is 5.88 Å². The van der Waals surface area contributed by atoms with E-state index in [0.717, 1.165) is 17.7 Å². The van der Waals surface area contributed by atoms with E-state index in [0.29, 0.717) is 5.88 Å². The summed E-state index contributed by atoms with van der Waals surface area (Å²) in [4.78, 5) is 15.9. The minimum atomic E-state index is -4.57. The second-order valence-corrected chi connectivity index (χ2v) is 4.82. The quantitative estimate of drug-likeness (QED) is 0.859. The van der Waals surface area contributed by atoms with E-state index in [-0.39, 0.29) is 13.2 Å². The van der Waals surface area contributed by atoms with Crippen LogP contribution < -0.4 is 10.1 Å². The van der Waals surface area contributed by atoms with Crippen LogP contribution in [0.5, 0.6) is 5.88 Å². The number of amides is 1. The predicted octanol–water partition coefficient (Wildman–Crippen LogP) is 3.22. The third-order valence-corrected chi connectivity index (χ3v) is 3.00. The summed E-state index contributed by atoms with van der Waals surface area (Å²) in [5.41, 5.74) is -0.388. The lowest BCUT2D eigenvalue weighted by molar-refractivity contribution is -0.137. The van der Waals surface area contributed by atoms with Crippen molar-refractivity contribution >= 4 is 5.91 Å². The maximum atomic E-state index is 12.8. The van der Waals surface area contributed by atoms with Gasteiger partial charge in [0.2, 0.25) is 5.88 Å². The third-order valence-electron chi connectivity index (χ3n) is 3.00. The van der Waals surface area contributed by atoms with Gasteiger partial charge < -0.3 is 10.1 Å². The number of alkyl halides is 3. The minimum Gasteiger partial charge on any atom is -0.476 e. The van der Waals surface area contributed by atoms with Gasteiger partial charge in [-0.3, -0.25) is 4.79 Å². The molecule has 0 atom stereocenters. The molecule has 0 aliphatic carbocycles. The molecule has 1 heterocycles. The van der Waals surface area contributed by atoms with Crippen molar-refractivity contribution in [2.24, 2.45) is 0 Å². The van der Waals surface area contributed by atoms with Gasteiger partial charge >= 0.3 is 6.18 Å². The Morgan fingerprint density at radius 1 is 1.22 bits per heavy atom. The van der Waals surface area contributed by atoms with Crippen LogP contribution in [0.2, 0.25) is 0 Å². The average Bonchev–Trinajstić information content (AvgIpc) is 2.52. The number of nitrogens with zero attached hydrogens (tertiary/aromatic N) is 1. The molecule has 0 bridgehead atoms. The molecule has 2 rings (SSSR count). The molecule has 1 aromatic heterocycles. The summed E-state index contributed by atoms with van der Waals surface area (Å²) in [5.74, 6) is -0.404. The van der Waals surface area contributed by atoms with E-state index in [1.54, 1.807) is 12.3 Å². The summed E-state index contributed by atoms with van der Waals surface area (Å²) in [7, 11) is 0. The van der Waals surface area contributed by atoms with Crippen LogP contribution in [0.1, 0.15) is 21.5 Å². The van der Waals surface area contributed by atoms with Gasteiger partial charge in [0.15, 0.2) is 0 Å². The van der Waals surface area contributed by atoms with Crippen molar-refractivity contribution in [2.45, 2.75) is 13.1 Å². The second kappa shape index (κ2) is 7.13. The number of hydrogen-bond acceptors (Lipinski definition) is 3. The first-order valence-corrected chi connectivity index (χ1v) is 6.88. The molecule has 122 valence electrons. The second-order valence-electron chi connectivity index (χ2n) is 4.82. The lowest BCUT2D eigenvalue weighted by atomic mass is 10.1. The summed E-state index contributed by atoms with van der Waals surface area (Å²) in [6.45, 7) is 2.06. The van der Waals surface area contributed by atoms with Crippen molar-refractivity contribution in [3.63, 3.8) is 0 Å². The Morgan fingerprint density at radius 3 is 2.61 bits per heavy atom. The monoisotopic (exact) mass is 324 g/mol. The molecule has 7 heteroatoms. The summed E-state index contributed by atoms with van der Waals surface area (Å²) < 4.78 is 43.8. The molecule has 1 aromatic carbocycles. The standard InChI is InChI=1S/C16H15F3N2O2/c1-11-6-7-14(21-10-11)23-9-8-20-15(22)12-4-2-3-5-13(12)16(17,18)19/h2-7,10H,8-9H2,1H3,(H,20,22). The lowest BCUT2D eigenvalue weighted by Crippen LogP contribution is -2.30. The topological polar surface area (TPSA) is 51.2 Å². The first-order valence-electron chi connectivity index (χ1n) is 6.88. The van der Waals surface area contributed by atoms with Crippen LogP contribution in [-0.2, 0) is 6.18 Å². The van der Waals surface area contributed by atoms with Crippen LogP contribution in [0.15, 0.2) is 42.6 Å². The highest BCUT2D eigenvalue weighted by Crippen LogP contribution is 2.31. The Bertz CT molecular complexity index is 670. The molecule has 0 saturated carbocycles. The highest BCUT2D eigenvalue weighted by Gasteiger charge is 2.34. The van der Waals surface area contributed by atoms with E-state index in [1.807, 2.05) is 13.0 Å². The van der Waals surface area contributed by atoms with Gasteiger partial charge in [0.25, 0.3) is 5.91 Å². The molecule has 0 radical (unpaired) electrons. The van der Waals surface area contributed by atoms with E-state index in [9.17, 15) is 18.0 Å². The third kappa shape index (κ3) is 4.70. The van der Waals surface area contributed by atoms with Gasteiger partial charge in [0, 0.05) is 12.3 Å². The number of halogens is 3. The Hall–Kier alpha value is -2.57. The minimum absolute atomic E-state index is 0.0700. The number of carbonyl (C=O) groups excluding carboxylic acids is 1. The molecule has 0 spiro atoms. The zero-order chi connectivity index (χ0) is 16.9. The normalized spacial score (nSPS) is 11.1. The fourth-order valence-corrected chi connectivity index (χ4v) is 1.88. The molecule has 23 heavy (non-hydrogen) atoms. The SMILES string of the molecule is Cc1ccc(OCCNC(=O)c2ccccc2C(F)(F)F)nc1. The Kier molecular flexibility index (Phi) is 5.20. The zero-order valence-electron chi connectivity index (χ0n) is 12.4. The molecule has 2 aromatic rings. The fraction of sp³-hybridized carbons (Fsp3) is 0.250. The zero-order valence-corrected chi connectivity index (χ0v) is 12.4.